The molecule has 0 saturated carbocycles. The molecule has 0 aromatic heterocycles. The van der Waals surface area contributed by atoms with Crippen molar-refractivity contribution in [3.63, 3.8) is 0 Å². The maximum absolute atomic E-state index is 11.1. The van der Waals surface area contributed by atoms with Gasteiger partial charge in [0.25, 0.3) is 0 Å². The number of halogens is 2. The molecule has 0 heterocycles. The summed E-state index contributed by atoms with van der Waals surface area (Å²) in [5.41, 5.74) is 0.159. The molecule has 0 radical (unpaired) electrons. The molecule has 1 aromatic rings. The van der Waals surface area contributed by atoms with Crippen LogP contribution in [0.3, 0.4) is 0 Å². The molecule has 0 atom stereocenters. The molecule has 0 aliphatic heterocycles. The number of carbonyl (C=O) groups excluding carboxylic acids is 1. The van der Waals surface area contributed by atoms with Crippen LogP contribution in [0.1, 0.15) is 10.4 Å². The van der Waals surface area contributed by atoms with E-state index < -0.39 is 0 Å². The minimum atomic E-state index is -0.275. The van der Waals surface area contributed by atoms with Gasteiger partial charge in [-0.25, -0.2) is 0 Å². The van der Waals surface area contributed by atoms with E-state index in [1.54, 1.807) is 6.07 Å². The quantitative estimate of drug-likeness (QED) is 0.498. The van der Waals surface area contributed by atoms with Gasteiger partial charge in [0.15, 0.2) is 0 Å². The minimum absolute atomic E-state index is 0. The van der Waals surface area contributed by atoms with Gasteiger partial charge in [0.05, 0.1) is 0 Å². The Morgan fingerprint density at radius 1 is 1.33 bits per heavy atom. The smallest absolute Gasteiger partial charge is 0.871 e. The van der Waals surface area contributed by atoms with Gasteiger partial charge in [-0.05, 0) is 12.1 Å². The van der Waals surface area contributed by atoms with Crippen LogP contribution in [-0.4, -0.2) is 6.29 Å². The van der Waals surface area contributed by atoms with E-state index >= 15 is 0 Å². The van der Waals surface area contributed by atoms with Crippen LogP contribution in [0.2, 0.25) is 0 Å². The fraction of sp³-hybridized carbons (Fsp3) is 0. The molecule has 0 bridgehead atoms. The van der Waals surface area contributed by atoms with Crippen LogP contribution in [0.25, 0.3) is 0 Å². The van der Waals surface area contributed by atoms with Gasteiger partial charge in [0.2, 0.25) is 0 Å². The Labute approximate surface area is 109 Å². The normalized spacial score (nSPS) is 8.83. The second-order valence-corrected chi connectivity index (χ2v) is 3.69. The summed E-state index contributed by atoms with van der Waals surface area (Å²) < 4.78 is 1.11. The van der Waals surface area contributed by atoms with E-state index in [-0.39, 0.29) is 40.9 Å². The summed E-state index contributed by atoms with van der Waals surface area (Å²) in [6.45, 7) is 0. The maximum Gasteiger partial charge on any atom is 1.00 e. The zero-order valence-corrected chi connectivity index (χ0v) is 11.5. The van der Waals surface area contributed by atoms with E-state index in [1.165, 1.54) is 6.07 Å². The molecule has 0 aliphatic rings. The molecule has 0 N–H and O–H groups in total. The monoisotopic (exact) mass is 300 g/mol. The molecule has 5 heteroatoms. The second kappa shape index (κ2) is 5.40. The Kier molecular flexibility index (Phi) is 5.69. The zero-order chi connectivity index (χ0) is 8.43. The molecule has 0 amide bonds. The van der Waals surface area contributed by atoms with Crippen molar-refractivity contribution in [1.29, 1.82) is 0 Å². The van der Waals surface area contributed by atoms with E-state index in [4.69, 9.17) is 0 Å². The molecule has 2 nitrogen and oxygen atoms in total. The summed E-state index contributed by atoms with van der Waals surface area (Å²) >= 11 is 6.20. The number of rotatable bonds is 1. The molecule has 1 rings (SSSR count). The summed E-state index contributed by atoms with van der Waals surface area (Å²) in [5.74, 6) is -0.275. The van der Waals surface area contributed by atoms with Crippen molar-refractivity contribution < 1.29 is 39.5 Å². The van der Waals surface area contributed by atoms with Gasteiger partial charge >= 0.3 is 29.6 Å². The van der Waals surface area contributed by atoms with Crippen molar-refractivity contribution in [3.05, 3.63) is 26.6 Å². The number of hydrogen-bond acceptors (Lipinski definition) is 2. The topological polar surface area (TPSA) is 40.1 Å². The third kappa shape index (κ3) is 2.85. The summed E-state index contributed by atoms with van der Waals surface area (Å²) in [7, 11) is 0. The molecule has 0 aliphatic carbocycles. The molecular weight excluding hydrogens is 299 g/mol. The summed E-state index contributed by atoms with van der Waals surface area (Å²) in [6.07, 6.45) is 0.540. The first-order chi connectivity index (χ1) is 5.15. The predicted octanol–water partition coefficient (Wildman–Crippen LogP) is -0.898. The Morgan fingerprint density at radius 3 is 2.42 bits per heavy atom. The molecule has 0 unspecified atom stereocenters. The van der Waals surface area contributed by atoms with Gasteiger partial charge in [-0.15, -0.1) is 0 Å². The Balaban J connectivity index is 0.00000121. The van der Waals surface area contributed by atoms with Crippen molar-refractivity contribution in [1.82, 2.24) is 0 Å². The fourth-order valence-electron chi connectivity index (χ4n) is 0.668. The van der Waals surface area contributed by atoms with Gasteiger partial charge in [-0.3, -0.25) is 4.79 Å². The first-order valence-electron chi connectivity index (χ1n) is 2.76. The van der Waals surface area contributed by atoms with Gasteiger partial charge < -0.3 is 5.11 Å². The van der Waals surface area contributed by atoms with Crippen molar-refractivity contribution in [2.24, 2.45) is 0 Å². The fourth-order valence-corrected chi connectivity index (χ4v) is 1.93. The Morgan fingerprint density at radius 2 is 1.92 bits per heavy atom. The van der Waals surface area contributed by atoms with E-state index in [1.807, 2.05) is 0 Å². The summed E-state index contributed by atoms with van der Waals surface area (Å²) in [4.78, 5) is 10.3. The Hall–Kier alpha value is 0.650. The van der Waals surface area contributed by atoms with E-state index in [0.717, 1.165) is 0 Å². The third-order valence-electron chi connectivity index (χ3n) is 1.16. The molecule has 0 fully saturated rings. The maximum atomic E-state index is 11.1. The molecule has 0 saturated heterocycles. The van der Waals surface area contributed by atoms with Crippen molar-refractivity contribution >= 4 is 38.1 Å². The molecule has 1 aromatic carbocycles. The third-order valence-corrected chi connectivity index (χ3v) is 2.21. The minimum Gasteiger partial charge on any atom is -0.871 e. The van der Waals surface area contributed by atoms with Gasteiger partial charge in [-0.1, -0.05) is 37.6 Å². The average molecular weight is 302 g/mol. The van der Waals surface area contributed by atoms with Crippen LogP contribution in [0.5, 0.6) is 5.75 Å². The van der Waals surface area contributed by atoms with Crippen molar-refractivity contribution in [2.75, 3.05) is 0 Å². The number of carbonyl (C=O) groups is 1. The van der Waals surface area contributed by atoms with E-state index in [9.17, 15) is 9.90 Å². The largest absolute Gasteiger partial charge is 1.00 e. The molecule has 0 spiro atoms. The van der Waals surface area contributed by atoms with Crippen LogP contribution in [0, 0.1) is 0 Å². The van der Waals surface area contributed by atoms with Crippen LogP contribution in [0.15, 0.2) is 21.1 Å². The van der Waals surface area contributed by atoms with E-state index in [2.05, 4.69) is 31.9 Å². The number of benzene rings is 1. The molecule has 12 heavy (non-hydrogen) atoms. The van der Waals surface area contributed by atoms with Crippen LogP contribution in [0.4, 0.5) is 0 Å². The first kappa shape index (κ1) is 12.7. The van der Waals surface area contributed by atoms with Gasteiger partial charge in [-0.2, -0.15) is 0 Å². The van der Waals surface area contributed by atoms with Gasteiger partial charge in [0, 0.05) is 14.5 Å². The van der Waals surface area contributed by atoms with E-state index in [0.29, 0.717) is 15.2 Å². The molecule has 58 valence electrons. The van der Waals surface area contributed by atoms with Crippen LogP contribution in [-0.2, 0) is 0 Å². The number of aldehydes is 1. The van der Waals surface area contributed by atoms with Crippen molar-refractivity contribution in [3.8, 4) is 5.75 Å². The van der Waals surface area contributed by atoms with Crippen LogP contribution >= 0.6 is 31.9 Å². The standard InChI is InChI=1S/C7H4Br2O2.Na/c8-5-1-4(3-10)7(11)6(9)2-5;/h1-3,11H;/q;+1/p-1. The predicted molar refractivity (Wildman–Crippen MR) is 46.7 cm³/mol. The summed E-state index contributed by atoms with van der Waals surface area (Å²) in [5, 5.41) is 11.1. The number of hydrogen-bond donors (Lipinski definition) is 0. The molecular formula is C7H3Br2NaO2. The SMILES string of the molecule is O=Cc1cc(Br)cc(Br)c1[O-].[Na+]. The van der Waals surface area contributed by atoms with Crippen molar-refractivity contribution in [2.45, 2.75) is 0 Å². The summed E-state index contributed by atoms with van der Waals surface area (Å²) in [6, 6.07) is 3.09. The Bertz CT molecular complexity index is 302. The van der Waals surface area contributed by atoms with Gasteiger partial charge in [0.1, 0.15) is 6.29 Å². The van der Waals surface area contributed by atoms with Crippen LogP contribution < -0.4 is 34.7 Å². The first-order valence-corrected chi connectivity index (χ1v) is 4.35. The second-order valence-electron chi connectivity index (χ2n) is 1.92. The zero-order valence-electron chi connectivity index (χ0n) is 6.30. The average Bonchev–Trinajstić information content (AvgIpc) is 1.96.